The van der Waals surface area contributed by atoms with Gasteiger partial charge in [-0.15, -0.1) is 0 Å². The van der Waals surface area contributed by atoms with Crippen LogP contribution in [0.3, 0.4) is 0 Å². The van der Waals surface area contributed by atoms with E-state index in [9.17, 15) is 0 Å². The molecular weight excluding hydrogens is 1290 g/mol. The molecule has 0 bridgehead atoms. The van der Waals surface area contributed by atoms with Gasteiger partial charge in [-0.1, -0.05) is 319 Å². The summed E-state index contributed by atoms with van der Waals surface area (Å²) in [6.07, 6.45) is 0. The first-order valence-electron chi connectivity index (χ1n) is 34.2. The number of rotatable bonds is 13. The monoisotopic (exact) mass is 1360 g/mol. The lowest BCUT2D eigenvalue weighted by atomic mass is 9.96. The number of nitrogens with one attached hydrogen (secondary N) is 1. The highest BCUT2D eigenvalue weighted by Gasteiger charge is 2.24. The average Bonchev–Trinajstić information content (AvgIpc) is 1.61. The summed E-state index contributed by atoms with van der Waals surface area (Å²) in [5.41, 5.74) is 24.6. The van der Waals surface area contributed by atoms with Crippen molar-refractivity contribution in [2.45, 2.75) is 0 Å². The number of halogens is 1. The molecule has 16 aromatic carbocycles. The van der Waals surface area contributed by atoms with Gasteiger partial charge in [0.1, 0.15) is 0 Å². The van der Waals surface area contributed by atoms with E-state index in [0.717, 1.165) is 55.5 Å². The minimum absolute atomic E-state index is 1.11. The summed E-state index contributed by atoms with van der Waals surface area (Å²) in [5.74, 6) is 0. The molecule has 4 nitrogen and oxygen atoms in total. The van der Waals surface area contributed by atoms with E-state index in [0.29, 0.717) is 0 Å². The Kier molecular flexibility index (Phi) is 18.1. The third-order valence-electron chi connectivity index (χ3n) is 18.7. The smallest absolute Gasteiger partial charge is 0.0619 e. The van der Waals surface area contributed by atoms with Crippen LogP contribution in [0, 0.1) is 0 Å². The molecule has 0 aliphatic carbocycles. The first kappa shape index (κ1) is 63.0. The van der Waals surface area contributed by atoms with E-state index in [4.69, 9.17) is 0 Å². The molecule has 0 spiro atoms. The number of anilines is 6. The van der Waals surface area contributed by atoms with Crippen molar-refractivity contribution in [1.82, 2.24) is 9.55 Å². The van der Waals surface area contributed by atoms with Gasteiger partial charge < -0.3 is 19.4 Å². The number of aromatic amines is 1. The Morgan fingerprint density at radius 2 is 0.614 bits per heavy atom. The molecule has 5 heteroatoms. The highest BCUT2D eigenvalue weighted by Crippen LogP contribution is 2.47. The van der Waals surface area contributed by atoms with E-state index in [1.165, 1.54) is 99.2 Å². The molecule has 18 rings (SSSR count). The molecule has 2 aromatic heterocycles. The molecule has 0 amide bonds. The summed E-state index contributed by atoms with van der Waals surface area (Å²) in [7, 11) is 0. The molecule has 0 saturated heterocycles. The van der Waals surface area contributed by atoms with Gasteiger partial charge in [0.25, 0.3) is 0 Å². The van der Waals surface area contributed by atoms with E-state index in [1.54, 1.807) is 0 Å². The maximum absolute atomic E-state index is 3.73. The predicted molar refractivity (Wildman–Crippen MR) is 433 cm³/mol. The second kappa shape index (κ2) is 29.1. The van der Waals surface area contributed by atoms with E-state index < -0.39 is 0 Å². The van der Waals surface area contributed by atoms with Crippen LogP contribution in [0.5, 0.6) is 0 Å². The highest BCUT2D eigenvalue weighted by molar-refractivity contribution is 9.10. The van der Waals surface area contributed by atoms with Crippen LogP contribution in [0.15, 0.2) is 417 Å². The molecule has 1 N–H and O–H groups in total. The van der Waals surface area contributed by atoms with Crippen LogP contribution < -0.4 is 9.80 Å². The second-order valence-electron chi connectivity index (χ2n) is 25.0. The Bertz CT molecular complexity index is 5780. The zero-order chi connectivity index (χ0) is 67.7. The number of hydrogen-bond donors (Lipinski definition) is 1. The van der Waals surface area contributed by atoms with Gasteiger partial charge in [-0.2, -0.15) is 0 Å². The van der Waals surface area contributed by atoms with Crippen molar-refractivity contribution in [3.8, 4) is 72.7 Å². The molecule has 0 unspecified atom stereocenters. The Balaban J connectivity index is 0.000000144. The minimum Gasteiger partial charge on any atom is -0.354 e. The van der Waals surface area contributed by atoms with Crippen molar-refractivity contribution in [2.75, 3.05) is 9.80 Å². The lowest BCUT2D eigenvalue weighted by molar-refractivity contribution is 1.13. The maximum Gasteiger partial charge on any atom is 0.0619 e. The molecule has 0 atom stereocenters. The van der Waals surface area contributed by atoms with E-state index in [2.05, 4.69) is 417 Å². The van der Waals surface area contributed by atoms with E-state index in [-0.39, 0.29) is 0 Å². The molecule has 101 heavy (non-hydrogen) atoms. The second-order valence-corrected chi connectivity index (χ2v) is 25.9. The van der Waals surface area contributed by atoms with Gasteiger partial charge in [-0.3, -0.25) is 0 Å². The zero-order valence-electron chi connectivity index (χ0n) is 55.5. The van der Waals surface area contributed by atoms with Crippen LogP contribution in [-0.2, 0) is 0 Å². The largest absolute Gasteiger partial charge is 0.354 e. The summed E-state index contributed by atoms with van der Waals surface area (Å²) < 4.78 is 3.55. The fourth-order valence-corrected chi connectivity index (χ4v) is 14.3. The molecule has 480 valence electrons. The molecule has 18 aromatic rings. The van der Waals surface area contributed by atoms with Crippen molar-refractivity contribution < 1.29 is 0 Å². The number of hydrogen-bond acceptors (Lipinski definition) is 2. The number of benzene rings is 16. The van der Waals surface area contributed by atoms with Gasteiger partial charge in [0.15, 0.2) is 0 Å². The van der Waals surface area contributed by atoms with Crippen LogP contribution in [0.4, 0.5) is 34.1 Å². The normalized spacial score (nSPS) is 11.0. The fraction of sp³-hybridized carbons (Fsp3) is 0. The average molecular weight is 1360 g/mol. The van der Waals surface area contributed by atoms with Crippen LogP contribution in [0.2, 0.25) is 0 Å². The third-order valence-corrected chi connectivity index (χ3v) is 19.2. The van der Waals surface area contributed by atoms with Crippen molar-refractivity contribution in [3.63, 3.8) is 0 Å². The van der Waals surface area contributed by atoms with Crippen LogP contribution in [0.25, 0.3) is 116 Å². The molecular formula is C96H69BrN4. The predicted octanol–water partition coefficient (Wildman–Crippen LogP) is 27.5. The van der Waals surface area contributed by atoms with Crippen LogP contribution in [-0.4, -0.2) is 9.55 Å². The van der Waals surface area contributed by atoms with Crippen molar-refractivity contribution in [3.05, 3.63) is 417 Å². The lowest BCUT2D eigenvalue weighted by Gasteiger charge is -2.27. The van der Waals surface area contributed by atoms with Crippen molar-refractivity contribution >= 4 is 93.4 Å². The Hall–Kier alpha value is -12.8. The molecule has 0 aliphatic rings. The quantitative estimate of drug-likeness (QED) is 0.125. The van der Waals surface area contributed by atoms with Crippen molar-refractivity contribution in [2.24, 2.45) is 0 Å². The SMILES string of the molecule is Brc1ccccc1.c1ccc(-c2[nH]c3ccc(-c4ccc(N(c5ccccc5)c5cccc6ccccc56)cc4)cc3c2-c2ccccc2)cc1.c1ccc(-c2c(-c3ccccc3)n(-c3ccccc3)c3ccc(-c4ccc(N(c5ccccc5)c5cccc6ccccc56)cc4)cc23)cc1. The first-order chi connectivity index (χ1) is 50.1. The van der Waals surface area contributed by atoms with E-state index in [1.807, 2.05) is 30.3 Å². The number of fused-ring (bicyclic) bond motifs is 4. The maximum atomic E-state index is 3.73. The summed E-state index contributed by atoms with van der Waals surface area (Å²) in [4.78, 5) is 8.43. The van der Waals surface area contributed by atoms with Gasteiger partial charge in [-0.05, 0) is 164 Å². The van der Waals surface area contributed by atoms with Crippen molar-refractivity contribution in [1.29, 1.82) is 0 Å². The number of H-pyrrole nitrogens is 1. The summed E-state index contributed by atoms with van der Waals surface area (Å²) in [6, 6.07) is 147. The van der Waals surface area contributed by atoms with Gasteiger partial charge in [-0.25, -0.2) is 0 Å². The van der Waals surface area contributed by atoms with Gasteiger partial charge >= 0.3 is 0 Å². The van der Waals surface area contributed by atoms with Gasteiger partial charge in [0.2, 0.25) is 0 Å². The molecule has 0 saturated carbocycles. The van der Waals surface area contributed by atoms with Gasteiger partial charge in [0.05, 0.1) is 28.3 Å². The Morgan fingerprint density at radius 1 is 0.248 bits per heavy atom. The topological polar surface area (TPSA) is 27.2 Å². The standard InChI is InChI=1S/C48H34N2.C42H30N2.C6H5Br/c1-5-17-37(18-6-1)47-44-34-39(30-33-46(44)50(41-24-11-4-12-25-41)48(47)38-19-7-2-8-20-38)35-28-31-42(32-29-35)49(40-22-9-3-10-23-40)45-27-15-21-36-16-13-14-26-43(36)45;1-4-14-32(15-5-1)41-38-29-34(25-28-39(38)43-42(41)33-16-6-2-7-17-33)30-23-26-36(27-24-30)44(35-19-8-3-9-20-35)40-22-12-18-31-13-10-11-21-37(31)40;7-6-4-2-1-3-5-6/h1-34H;1-29,43H;1-5H. The third kappa shape index (κ3) is 13.2. The highest BCUT2D eigenvalue weighted by atomic mass is 79.9. The summed E-state index contributed by atoms with van der Waals surface area (Å²) in [5, 5.41) is 7.34. The Labute approximate surface area is 598 Å². The lowest BCUT2D eigenvalue weighted by Crippen LogP contribution is -2.10. The van der Waals surface area contributed by atoms with Crippen LogP contribution >= 0.6 is 15.9 Å². The summed E-state index contributed by atoms with van der Waals surface area (Å²) in [6.45, 7) is 0. The molecule has 0 aliphatic heterocycles. The van der Waals surface area contributed by atoms with Gasteiger partial charge in [0, 0.05) is 71.1 Å². The summed E-state index contributed by atoms with van der Waals surface area (Å²) >= 11 is 3.31. The number of nitrogens with zero attached hydrogens (tertiary/aromatic N) is 3. The number of aromatic nitrogens is 2. The van der Waals surface area contributed by atoms with E-state index >= 15 is 0 Å². The minimum atomic E-state index is 1.11. The first-order valence-corrected chi connectivity index (χ1v) is 35.0. The zero-order valence-corrected chi connectivity index (χ0v) is 57.1. The molecule has 2 heterocycles. The number of para-hydroxylation sites is 3. The molecule has 0 radical (unpaired) electrons. The molecule has 0 fully saturated rings. The van der Waals surface area contributed by atoms with Crippen LogP contribution in [0.1, 0.15) is 0 Å². The fourth-order valence-electron chi connectivity index (χ4n) is 14.0. The Morgan fingerprint density at radius 3 is 1.09 bits per heavy atom.